The lowest BCUT2D eigenvalue weighted by Gasteiger charge is -2.14. The van der Waals surface area contributed by atoms with Crippen LogP contribution in [0.3, 0.4) is 0 Å². The molecule has 0 fully saturated rings. The summed E-state index contributed by atoms with van der Waals surface area (Å²) in [6, 6.07) is 6.21. The van der Waals surface area contributed by atoms with Crippen LogP contribution in [0.25, 0.3) is 0 Å². The van der Waals surface area contributed by atoms with Gasteiger partial charge in [0, 0.05) is 28.5 Å². The highest BCUT2D eigenvalue weighted by Gasteiger charge is 2.10. The number of nitrogens with one attached hydrogen (secondary N) is 1. The van der Waals surface area contributed by atoms with Gasteiger partial charge in [-0.3, -0.25) is 4.98 Å². The van der Waals surface area contributed by atoms with E-state index in [4.69, 9.17) is 18.0 Å². The van der Waals surface area contributed by atoms with E-state index in [9.17, 15) is 0 Å². The lowest BCUT2D eigenvalue weighted by Crippen LogP contribution is -2.17. The number of aromatic nitrogens is 1. The number of hydrogen-bond acceptors (Lipinski definition) is 4. The second-order valence-corrected chi connectivity index (χ2v) is 5.86. The fourth-order valence-corrected chi connectivity index (χ4v) is 3.02. The number of aryl methyl sites for hydroxylation is 2. The molecule has 2 aromatic heterocycles. The first-order valence-electron chi connectivity index (χ1n) is 6.12. The molecule has 19 heavy (non-hydrogen) atoms. The maximum absolute atomic E-state index is 5.79. The Bertz CT molecular complexity index is 577. The Morgan fingerprint density at radius 3 is 2.89 bits per heavy atom. The summed E-state index contributed by atoms with van der Waals surface area (Å²) in [4.78, 5) is 6.17. The highest BCUT2D eigenvalue weighted by molar-refractivity contribution is 7.80. The Balaban J connectivity index is 2.12. The van der Waals surface area contributed by atoms with Crippen LogP contribution >= 0.6 is 23.6 Å². The van der Waals surface area contributed by atoms with Crippen LogP contribution in [-0.4, -0.2) is 16.5 Å². The van der Waals surface area contributed by atoms with E-state index in [-0.39, 0.29) is 0 Å². The number of hydrogen-bond donors (Lipinski definition) is 2. The molecule has 0 amide bonds. The zero-order valence-electron chi connectivity index (χ0n) is 11.1. The number of pyridine rings is 1. The number of rotatable bonds is 5. The van der Waals surface area contributed by atoms with E-state index in [1.165, 1.54) is 4.88 Å². The fraction of sp³-hybridized carbons (Fsp3) is 0.286. The minimum Gasteiger partial charge on any atom is -0.389 e. The predicted octanol–water partition coefficient (Wildman–Crippen LogP) is 3.05. The molecule has 3 N–H and O–H groups in total. The summed E-state index contributed by atoms with van der Waals surface area (Å²) < 4.78 is 0. The normalized spacial score (nSPS) is 10.4. The number of thiocarbonyl (C=S) groups is 1. The molecule has 2 rings (SSSR count). The van der Waals surface area contributed by atoms with E-state index in [0.29, 0.717) is 4.99 Å². The van der Waals surface area contributed by atoms with Gasteiger partial charge in [-0.2, -0.15) is 0 Å². The molecule has 0 aliphatic rings. The number of nitrogens with two attached hydrogens (primary N) is 1. The van der Waals surface area contributed by atoms with Crippen molar-refractivity contribution in [1.82, 2.24) is 4.98 Å². The van der Waals surface area contributed by atoms with Crippen molar-refractivity contribution in [1.29, 1.82) is 0 Å². The van der Waals surface area contributed by atoms with Crippen LogP contribution < -0.4 is 11.1 Å². The second-order valence-electron chi connectivity index (χ2n) is 4.39. The van der Waals surface area contributed by atoms with Gasteiger partial charge in [-0.1, -0.05) is 18.3 Å². The van der Waals surface area contributed by atoms with Crippen LogP contribution in [0.2, 0.25) is 0 Å². The predicted molar refractivity (Wildman–Crippen MR) is 86.1 cm³/mol. The average molecular weight is 291 g/mol. The van der Waals surface area contributed by atoms with E-state index in [1.54, 1.807) is 11.3 Å². The molecule has 0 aliphatic heterocycles. The van der Waals surface area contributed by atoms with E-state index in [2.05, 4.69) is 27.8 Å². The summed E-state index contributed by atoms with van der Waals surface area (Å²) >= 11 is 6.88. The Morgan fingerprint density at radius 1 is 1.47 bits per heavy atom. The van der Waals surface area contributed by atoms with Crippen molar-refractivity contribution in [3.63, 3.8) is 0 Å². The summed E-state index contributed by atoms with van der Waals surface area (Å²) in [6.45, 7) is 4.77. The molecule has 0 aliphatic carbocycles. The Hall–Kier alpha value is -1.46. The summed E-state index contributed by atoms with van der Waals surface area (Å²) in [6.07, 6.45) is 0.995. The van der Waals surface area contributed by atoms with Crippen LogP contribution in [0.5, 0.6) is 0 Å². The fourth-order valence-electron chi connectivity index (χ4n) is 2.05. The van der Waals surface area contributed by atoms with Gasteiger partial charge in [-0.25, -0.2) is 0 Å². The standard InChI is InChI=1S/C14H17N3S2/c1-9-8-12(13(14(15)18)10(2)17-9)16-6-5-11-4-3-7-19-11/h3-4,7-8H,5-6H2,1-2H3,(H2,15,18)(H,16,17). The van der Waals surface area contributed by atoms with Gasteiger partial charge in [-0.05, 0) is 37.8 Å². The highest BCUT2D eigenvalue weighted by atomic mass is 32.1. The van der Waals surface area contributed by atoms with E-state index < -0.39 is 0 Å². The lowest BCUT2D eigenvalue weighted by atomic mass is 10.1. The minimum atomic E-state index is 0.392. The number of anilines is 1. The zero-order chi connectivity index (χ0) is 13.8. The Kier molecular flexibility index (Phi) is 4.50. The molecule has 0 spiro atoms. The Labute approximate surface area is 122 Å². The van der Waals surface area contributed by atoms with Gasteiger partial charge in [0.25, 0.3) is 0 Å². The molecule has 0 bridgehead atoms. The molecule has 2 aromatic rings. The van der Waals surface area contributed by atoms with Crippen LogP contribution in [-0.2, 0) is 6.42 Å². The van der Waals surface area contributed by atoms with Crippen molar-refractivity contribution in [2.75, 3.05) is 11.9 Å². The molecule has 0 unspecified atom stereocenters. The van der Waals surface area contributed by atoms with Gasteiger partial charge in [0.2, 0.25) is 0 Å². The van der Waals surface area contributed by atoms with Crippen LogP contribution in [0.4, 0.5) is 5.69 Å². The van der Waals surface area contributed by atoms with E-state index in [1.807, 2.05) is 19.9 Å². The van der Waals surface area contributed by atoms with E-state index >= 15 is 0 Å². The molecule has 0 saturated carbocycles. The third kappa shape index (κ3) is 3.52. The molecular formula is C14H17N3S2. The Morgan fingerprint density at radius 2 is 2.26 bits per heavy atom. The second kappa shape index (κ2) is 6.12. The van der Waals surface area contributed by atoms with Crippen LogP contribution in [0, 0.1) is 13.8 Å². The molecule has 0 saturated heterocycles. The maximum Gasteiger partial charge on any atom is 0.107 e. The third-order valence-corrected chi connectivity index (χ3v) is 3.98. The van der Waals surface area contributed by atoms with Crippen LogP contribution in [0.1, 0.15) is 21.8 Å². The summed E-state index contributed by atoms with van der Waals surface area (Å²) in [5.41, 5.74) is 9.47. The maximum atomic E-state index is 5.79. The van der Waals surface area contributed by atoms with Crippen molar-refractivity contribution in [3.8, 4) is 0 Å². The zero-order valence-corrected chi connectivity index (χ0v) is 12.7. The average Bonchev–Trinajstić information content (AvgIpc) is 2.80. The van der Waals surface area contributed by atoms with Gasteiger partial charge in [0.1, 0.15) is 4.99 Å². The first-order chi connectivity index (χ1) is 9.08. The first kappa shape index (κ1) is 14.0. The number of thiophene rings is 1. The van der Waals surface area contributed by atoms with Crippen molar-refractivity contribution >= 4 is 34.2 Å². The minimum absolute atomic E-state index is 0.392. The van der Waals surface area contributed by atoms with Gasteiger partial charge in [-0.15, -0.1) is 11.3 Å². The topological polar surface area (TPSA) is 50.9 Å². The first-order valence-corrected chi connectivity index (χ1v) is 7.41. The van der Waals surface area contributed by atoms with Gasteiger partial charge < -0.3 is 11.1 Å². The molecule has 100 valence electrons. The van der Waals surface area contributed by atoms with Gasteiger partial charge in [0.15, 0.2) is 0 Å². The SMILES string of the molecule is Cc1cc(NCCc2cccs2)c(C(N)=S)c(C)n1. The summed E-state index contributed by atoms with van der Waals surface area (Å²) in [5.74, 6) is 0. The molecule has 0 radical (unpaired) electrons. The summed E-state index contributed by atoms with van der Waals surface area (Å²) in [5, 5.41) is 5.51. The molecule has 0 aromatic carbocycles. The summed E-state index contributed by atoms with van der Waals surface area (Å²) in [7, 11) is 0. The largest absolute Gasteiger partial charge is 0.389 e. The van der Waals surface area contributed by atoms with Gasteiger partial charge in [0.05, 0.1) is 5.56 Å². The molecular weight excluding hydrogens is 274 g/mol. The van der Waals surface area contributed by atoms with Crippen molar-refractivity contribution in [3.05, 3.63) is 45.4 Å². The lowest BCUT2D eigenvalue weighted by molar-refractivity contribution is 1.03. The third-order valence-electron chi connectivity index (χ3n) is 2.84. The van der Waals surface area contributed by atoms with E-state index in [0.717, 1.165) is 35.6 Å². The molecule has 0 atom stereocenters. The van der Waals surface area contributed by atoms with Gasteiger partial charge >= 0.3 is 0 Å². The van der Waals surface area contributed by atoms with Crippen molar-refractivity contribution in [2.24, 2.45) is 5.73 Å². The molecule has 2 heterocycles. The quantitative estimate of drug-likeness (QED) is 0.831. The number of nitrogens with zero attached hydrogens (tertiary/aromatic N) is 1. The molecule has 3 nitrogen and oxygen atoms in total. The molecule has 5 heteroatoms. The van der Waals surface area contributed by atoms with Crippen molar-refractivity contribution in [2.45, 2.75) is 20.3 Å². The monoisotopic (exact) mass is 291 g/mol. The van der Waals surface area contributed by atoms with Crippen molar-refractivity contribution < 1.29 is 0 Å². The smallest absolute Gasteiger partial charge is 0.107 e. The van der Waals surface area contributed by atoms with Crippen LogP contribution in [0.15, 0.2) is 23.6 Å². The highest BCUT2D eigenvalue weighted by Crippen LogP contribution is 2.20.